The van der Waals surface area contributed by atoms with Gasteiger partial charge in [-0.1, -0.05) is 83.6 Å². The van der Waals surface area contributed by atoms with Crippen molar-refractivity contribution in [1.29, 1.82) is 0 Å². The second kappa shape index (κ2) is 10.2. The van der Waals surface area contributed by atoms with Gasteiger partial charge in [0, 0.05) is 11.1 Å². The first-order valence-electron chi connectivity index (χ1n) is 10.7. The van der Waals surface area contributed by atoms with E-state index >= 15 is 0 Å². The maximum Gasteiger partial charge on any atom is 0.412 e. The average Bonchev–Trinajstić information content (AvgIpc) is 3.24. The van der Waals surface area contributed by atoms with Crippen LogP contribution < -0.4 is 5.32 Å². The number of hydrogen-bond acceptors (Lipinski definition) is 6. The highest BCUT2D eigenvalue weighted by atomic mass is 32.2. The van der Waals surface area contributed by atoms with Gasteiger partial charge in [-0.3, -0.25) is 5.32 Å². The molecule has 4 aromatic rings. The fourth-order valence-electron chi connectivity index (χ4n) is 3.37. The minimum Gasteiger partial charge on any atom is -0.450 e. The molecule has 0 unspecified atom stereocenters. The molecule has 0 atom stereocenters. The van der Waals surface area contributed by atoms with E-state index in [0.29, 0.717) is 26.2 Å². The van der Waals surface area contributed by atoms with Crippen LogP contribution in [0.4, 0.5) is 9.80 Å². The first-order chi connectivity index (χ1) is 16.4. The van der Waals surface area contributed by atoms with Gasteiger partial charge in [0.1, 0.15) is 15.7 Å². The van der Waals surface area contributed by atoms with Gasteiger partial charge in [0.05, 0.1) is 17.3 Å². The maximum absolute atomic E-state index is 12.8. The summed E-state index contributed by atoms with van der Waals surface area (Å²) in [6.07, 6.45) is -0.536. The van der Waals surface area contributed by atoms with E-state index in [4.69, 9.17) is 9.72 Å². The van der Waals surface area contributed by atoms with Crippen LogP contribution in [-0.2, 0) is 20.3 Å². The van der Waals surface area contributed by atoms with Gasteiger partial charge in [-0.2, -0.15) is 0 Å². The molecule has 174 valence electrons. The summed E-state index contributed by atoms with van der Waals surface area (Å²) in [7, 11) is -3.44. The molecule has 34 heavy (non-hydrogen) atoms. The number of amides is 1. The van der Waals surface area contributed by atoms with Gasteiger partial charge < -0.3 is 4.74 Å². The molecule has 0 bridgehead atoms. The van der Waals surface area contributed by atoms with Gasteiger partial charge in [0.15, 0.2) is 9.84 Å². The monoisotopic (exact) mass is 492 g/mol. The van der Waals surface area contributed by atoms with Gasteiger partial charge in [-0.05, 0) is 31.5 Å². The molecular formula is C26H24N2O4S2. The van der Waals surface area contributed by atoms with Crippen molar-refractivity contribution in [3.63, 3.8) is 0 Å². The number of thiazole rings is 1. The number of nitrogens with one attached hydrogen (secondary N) is 1. The smallest absolute Gasteiger partial charge is 0.412 e. The molecule has 6 nitrogen and oxygen atoms in total. The summed E-state index contributed by atoms with van der Waals surface area (Å²) >= 11 is 1.34. The lowest BCUT2D eigenvalue weighted by Crippen LogP contribution is -2.12. The lowest BCUT2D eigenvalue weighted by atomic mass is 10.1. The molecule has 8 heteroatoms. The van der Waals surface area contributed by atoms with E-state index in [9.17, 15) is 13.2 Å². The molecule has 3 aromatic carbocycles. The van der Waals surface area contributed by atoms with Crippen LogP contribution in [0.15, 0.2) is 83.8 Å². The summed E-state index contributed by atoms with van der Waals surface area (Å²) in [5.74, 6) is -0.0842. The minimum absolute atomic E-state index is 0.0842. The highest BCUT2D eigenvalue weighted by Crippen LogP contribution is 2.38. The molecule has 0 spiro atoms. The summed E-state index contributed by atoms with van der Waals surface area (Å²) in [6.45, 7) is 3.94. The molecule has 0 fully saturated rings. The van der Waals surface area contributed by atoms with Gasteiger partial charge in [-0.15, -0.1) is 0 Å². The Morgan fingerprint density at radius 3 is 2.26 bits per heavy atom. The van der Waals surface area contributed by atoms with Crippen LogP contribution >= 0.6 is 11.3 Å². The predicted molar refractivity (Wildman–Crippen MR) is 136 cm³/mol. The summed E-state index contributed by atoms with van der Waals surface area (Å²) in [5.41, 5.74) is 4.06. The Morgan fingerprint density at radius 1 is 0.941 bits per heavy atom. The fourth-order valence-corrected chi connectivity index (χ4v) is 5.70. The lowest BCUT2D eigenvalue weighted by molar-refractivity contribution is 0.168. The number of ether oxygens (including phenoxy) is 1. The maximum atomic E-state index is 12.8. The van der Waals surface area contributed by atoms with Crippen molar-refractivity contribution in [2.24, 2.45) is 0 Å². The third kappa shape index (κ3) is 5.52. The topological polar surface area (TPSA) is 85.4 Å². The van der Waals surface area contributed by atoms with Crippen molar-refractivity contribution < 1.29 is 17.9 Å². The molecule has 0 saturated carbocycles. The number of anilines is 1. The quantitative estimate of drug-likeness (QED) is 0.326. The number of benzene rings is 3. The zero-order chi connectivity index (χ0) is 24.1. The van der Waals surface area contributed by atoms with Crippen LogP contribution in [0, 0.1) is 6.92 Å². The second-order valence-corrected chi connectivity index (χ2v) is 10.7. The summed E-state index contributed by atoms with van der Waals surface area (Å²) in [6, 6.07) is 23.7. The van der Waals surface area contributed by atoms with Crippen LogP contribution in [0.5, 0.6) is 0 Å². The largest absolute Gasteiger partial charge is 0.450 e. The molecule has 0 radical (unpaired) electrons. The minimum atomic E-state index is -3.44. The van der Waals surface area contributed by atoms with E-state index in [2.05, 4.69) is 5.32 Å². The number of aromatic nitrogens is 1. The van der Waals surface area contributed by atoms with E-state index in [1.54, 1.807) is 43.3 Å². The van der Waals surface area contributed by atoms with Crippen LogP contribution in [-0.4, -0.2) is 26.1 Å². The van der Waals surface area contributed by atoms with Gasteiger partial charge in [0.25, 0.3) is 0 Å². The van der Waals surface area contributed by atoms with Gasteiger partial charge >= 0.3 is 6.09 Å². The zero-order valence-electron chi connectivity index (χ0n) is 18.8. The Morgan fingerprint density at radius 2 is 1.62 bits per heavy atom. The van der Waals surface area contributed by atoms with Crippen molar-refractivity contribution in [3.05, 3.63) is 90.0 Å². The van der Waals surface area contributed by atoms with E-state index in [1.807, 2.05) is 49.4 Å². The molecule has 4 rings (SSSR count). The van der Waals surface area contributed by atoms with Crippen LogP contribution in [0.25, 0.3) is 21.8 Å². The lowest BCUT2D eigenvalue weighted by Gasteiger charge is -2.06. The Labute approximate surface area is 203 Å². The van der Waals surface area contributed by atoms with E-state index in [-0.39, 0.29) is 12.4 Å². The third-order valence-corrected chi connectivity index (χ3v) is 7.83. The number of hydrogen-bond donors (Lipinski definition) is 1. The number of rotatable bonds is 7. The Kier molecular flexibility index (Phi) is 7.09. The van der Waals surface area contributed by atoms with E-state index in [1.165, 1.54) is 11.3 Å². The predicted octanol–water partition coefficient (Wildman–Crippen LogP) is 6.33. The summed E-state index contributed by atoms with van der Waals surface area (Å²) in [4.78, 5) is 17.1. The number of nitrogens with zero attached hydrogens (tertiary/aromatic N) is 1. The Bertz CT molecular complexity index is 1380. The van der Waals surface area contributed by atoms with Crippen molar-refractivity contribution in [1.82, 2.24) is 4.98 Å². The van der Waals surface area contributed by atoms with Gasteiger partial charge in [-0.25, -0.2) is 18.2 Å². The molecule has 0 aliphatic carbocycles. The normalized spacial score (nSPS) is 11.2. The molecular weight excluding hydrogens is 468 g/mol. The molecule has 1 N–H and O–H groups in total. The molecule has 0 aliphatic heterocycles. The fraction of sp³-hybridized carbons (Fsp3) is 0.154. The zero-order valence-corrected chi connectivity index (χ0v) is 20.4. The van der Waals surface area contributed by atoms with Crippen molar-refractivity contribution in [2.45, 2.75) is 24.5 Å². The first-order valence-corrected chi connectivity index (χ1v) is 13.2. The third-order valence-electron chi connectivity index (χ3n) is 5.10. The highest BCUT2D eigenvalue weighted by molar-refractivity contribution is 7.90. The molecule has 0 saturated heterocycles. The summed E-state index contributed by atoms with van der Waals surface area (Å²) in [5, 5.41) is 4.08. The molecule has 1 heterocycles. The summed E-state index contributed by atoms with van der Waals surface area (Å²) < 4.78 is 30.6. The standard InChI is InChI=1S/C26H24N2O4S2/c1-3-32-26(29)28-25-23(20-7-5-4-6-8-20)27-24(33-25)21-13-11-19(12-14-21)17-34(30,31)22-15-9-18(2)10-16-22/h4-16H,3,17H2,1-2H3,(H,28,29). The SMILES string of the molecule is CCOC(=O)Nc1sc(-c2ccc(CS(=O)(=O)c3ccc(C)cc3)cc2)nc1-c1ccccc1. The number of sulfone groups is 1. The highest BCUT2D eigenvalue weighted by Gasteiger charge is 2.18. The first kappa shape index (κ1) is 23.7. The van der Waals surface area contributed by atoms with Crippen LogP contribution in [0.3, 0.4) is 0 Å². The van der Waals surface area contributed by atoms with Crippen molar-refractivity contribution in [2.75, 3.05) is 11.9 Å². The number of carbonyl (C=O) groups excluding carboxylic acids is 1. The van der Waals surface area contributed by atoms with Crippen molar-refractivity contribution >= 4 is 32.3 Å². The Balaban J connectivity index is 1.60. The molecule has 1 amide bonds. The number of carbonyl (C=O) groups is 1. The van der Waals surface area contributed by atoms with Gasteiger partial charge in [0.2, 0.25) is 0 Å². The number of aryl methyl sites for hydroxylation is 1. The van der Waals surface area contributed by atoms with Crippen molar-refractivity contribution in [3.8, 4) is 21.8 Å². The van der Waals surface area contributed by atoms with E-state index in [0.717, 1.165) is 16.7 Å². The average molecular weight is 493 g/mol. The van der Waals surface area contributed by atoms with Crippen LogP contribution in [0.2, 0.25) is 0 Å². The Hall–Kier alpha value is -3.49. The van der Waals surface area contributed by atoms with Crippen LogP contribution in [0.1, 0.15) is 18.1 Å². The second-order valence-electron chi connectivity index (χ2n) is 7.68. The molecule has 0 aliphatic rings. The molecule has 1 aromatic heterocycles. The van der Waals surface area contributed by atoms with E-state index < -0.39 is 15.9 Å².